The molecule has 0 aliphatic carbocycles. The number of hydrogen-bond acceptors (Lipinski definition) is 5. The van der Waals surface area contributed by atoms with Gasteiger partial charge in [-0.2, -0.15) is 13.2 Å². The Bertz CT molecular complexity index is 763. The topological polar surface area (TPSA) is 64.6 Å². The molecule has 2 rings (SSSR count). The summed E-state index contributed by atoms with van der Waals surface area (Å²) in [5.74, 6) is -10.7. The van der Waals surface area contributed by atoms with E-state index in [1.54, 1.807) is 5.32 Å². The number of carbonyl (C=O) groups is 2. The molecular weight excluding hydrogens is 360 g/mol. The van der Waals surface area contributed by atoms with Crippen LogP contribution < -0.4 is 5.32 Å². The number of nitrogens with one attached hydrogen (secondary N) is 1. The third-order valence-electron chi connectivity index (χ3n) is 2.94. The van der Waals surface area contributed by atoms with E-state index < -0.39 is 58.2 Å². The highest BCUT2D eigenvalue weighted by molar-refractivity contribution is 6.15. The summed E-state index contributed by atoms with van der Waals surface area (Å²) in [5.41, 5.74) is -4.02. The van der Waals surface area contributed by atoms with Crippen LogP contribution in [0.25, 0.3) is 0 Å². The van der Waals surface area contributed by atoms with Crippen LogP contribution in [0, 0.1) is 17.5 Å². The molecule has 1 saturated heterocycles. The van der Waals surface area contributed by atoms with Gasteiger partial charge in [0.25, 0.3) is 5.79 Å². The summed E-state index contributed by atoms with van der Waals surface area (Å²) in [6.07, 6.45) is -4.83. The van der Waals surface area contributed by atoms with E-state index in [1.807, 2.05) is 0 Å². The first-order valence-corrected chi connectivity index (χ1v) is 6.51. The van der Waals surface area contributed by atoms with Crippen molar-refractivity contribution in [2.24, 2.45) is 0 Å². The van der Waals surface area contributed by atoms with Gasteiger partial charge in [-0.1, -0.05) is 0 Å². The number of alkyl halides is 3. The first-order valence-electron chi connectivity index (χ1n) is 6.51. The van der Waals surface area contributed by atoms with Gasteiger partial charge in [0.1, 0.15) is 0 Å². The molecule has 0 aromatic heterocycles. The summed E-state index contributed by atoms with van der Waals surface area (Å²) in [4.78, 5) is 23.3. The fourth-order valence-corrected chi connectivity index (χ4v) is 1.84. The maximum Gasteiger partial charge on any atom is 0.419 e. The first kappa shape index (κ1) is 18.6. The lowest BCUT2D eigenvalue weighted by atomic mass is 10.1. The zero-order chi connectivity index (χ0) is 19.2. The number of ether oxygens (including phenoxy) is 2. The minimum atomic E-state index is -5.30. The van der Waals surface area contributed by atoms with E-state index in [2.05, 4.69) is 0 Å². The molecule has 1 aromatic carbocycles. The summed E-state index contributed by atoms with van der Waals surface area (Å²) >= 11 is 0. The lowest BCUT2D eigenvalue weighted by Crippen LogP contribution is -2.42. The molecule has 0 amide bonds. The second-order valence-electron chi connectivity index (χ2n) is 5.29. The Balaban J connectivity index is 2.40. The molecule has 1 aliphatic heterocycles. The van der Waals surface area contributed by atoms with Crippen molar-refractivity contribution in [3.63, 3.8) is 0 Å². The van der Waals surface area contributed by atoms with Crippen LogP contribution in [0.15, 0.2) is 17.8 Å². The molecule has 1 aliphatic rings. The molecule has 1 aromatic rings. The molecule has 0 spiro atoms. The van der Waals surface area contributed by atoms with E-state index in [9.17, 15) is 35.9 Å². The van der Waals surface area contributed by atoms with Gasteiger partial charge in [0.2, 0.25) is 0 Å². The van der Waals surface area contributed by atoms with E-state index in [0.29, 0.717) is 6.20 Å². The van der Waals surface area contributed by atoms with Gasteiger partial charge >= 0.3 is 18.1 Å². The highest BCUT2D eigenvalue weighted by Gasteiger charge is 2.40. The molecule has 0 atom stereocenters. The highest BCUT2D eigenvalue weighted by Crippen LogP contribution is 2.36. The summed E-state index contributed by atoms with van der Waals surface area (Å²) in [6, 6.07) is -0.0474. The monoisotopic (exact) mass is 369 g/mol. The zero-order valence-corrected chi connectivity index (χ0v) is 12.6. The van der Waals surface area contributed by atoms with Gasteiger partial charge in [-0.05, 0) is 6.07 Å². The molecule has 0 radical (unpaired) electrons. The minimum absolute atomic E-state index is 0.0474. The SMILES string of the molecule is CC1(C)OC(=O)C(=CNc2cc(C(F)(F)F)c(F)c(F)c2F)C(=O)O1. The molecule has 1 heterocycles. The predicted molar refractivity (Wildman–Crippen MR) is 69.3 cm³/mol. The summed E-state index contributed by atoms with van der Waals surface area (Å²) in [7, 11) is 0. The Kier molecular flexibility index (Phi) is 4.45. The first-order chi connectivity index (χ1) is 11.3. The van der Waals surface area contributed by atoms with Crippen molar-refractivity contribution in [2.45, 2.75) is 25.8 Å². The van der Waals surface area contributed by atoms with Crippen molar-refractivity contribution < 1.29 is 45.4 Å². The van der Waals surface area contributed by atoms with Crippen molar-refractivity contribution in [1.82, 2.24) is 0 Å². The van der Waals surface area contributed by atoms with Crippen molar-refractivity contribution in [3.05, 3.63) is 40.9 Å². The maximum absolute atomic E-state index is 13.6. The number of anilines is 1. The molecule has 0 saturated carbocycles. The molecule has 1 fully saturated rings. The normalized spacial score (nSPS) is 17.0. The lowest BCUT2D eigenvalue weighted by molar-refractivity contribution is -0.222. The van der Waals surface area contributed by atoms with Crippen molar-refractivity contribution >= 4 is 17.6 Å². The number of hydrogen-bond donors (Lipinski definition) is 1. The van der Waals surface area contributed by atoms with Gasteiger partial charge in [-0.25, -0.2) is 22.8 Å². The van der Waals surface area contributed by atoms with Gasteiger partial charge in [0.15, 0.2) is 23.0 Å². The van der Waals surface area contributed by atoms with Crippen LogP contribution in [0.5, 0.6) is 0 Å². The van der Waals surface area contributed by atoms with Crippen LogP contribution >= 0.6 is 0 Å². The average Bonchev–Trinajstić information content (AvgIpc) is 2.43. The van der Waals surface area contributed by atoms with Gasteiger partial charge < -0.3 is 14.8 Å². The number of benzene rings is 1. The average molecular weight is 369 g/mol. The van der Waals surface area contributed by atoms with Gasteiger partial charge in [0.05, 0.1) is 11.3 Å². The fourth-order valence-electron chi connectivity index (χ4n) is 1.84. The Morgan fingerprint density at radius 2 is 1.52 bits per heavy atom. The smallest absolute Gasteiger partial charge is 0.419 e. The molecular formula is C14H9F6NO4. The molecule has 5 nitrogen and oxygen atoms in total. The van der Waals surface area contributed by atoms with E-state index in [1.165, 1.54) is 13.8 Å². The summed E-state index contributed by atoms with van der Waals surface area (Å²) < 4.78 is 87.4. The summed E-state index contributed by atoms with van der Waals surface area (Å²) in [6.45, 7) is 2.50. The lowest BCUT2D eigenvalue weighted by Gasteiger charge is -2.29. The largest absolute Gasteiger partial charge is 0.419 e. The van der Waals surface area contributed by atoms with Gasteiger partial charge in [-0.15, -0.1) is 0 Å². The highest BCUT2D eigenvalue weighted by atomic mass is 19.4. The van der Waals surface area contributed by atoms with Crippen molar-refractivity contribution in [3.8, 4) is 0 Å². The maximum atomic E-state index is 13.6. The van der Waals surface area contributed by atoms with E-state index in [4.69, 9.17) is 9.47 Å². The number of rotatable bonds is 2. The van der Waals surface area contributed by atoms with Crippen molar-refractivity contribution in [1.29, 1.82) is 0 Å². The van der Waals surface area contributed by atoms with Crippen LogP contribution in [0.3, 0.4) is 0 Å². The number of halogens is 6. The Morgan fingerprint density at radius 3 is 2.00 bits per heavy atom. The molecule has 25 heavy (non-hydrogen) atoms. The Morgan fingerprint density at radius 1 is 1.00 bits per heavy atom. The quantitative estimate of drug-likeness (QED) is 0.285. The van der Waals surface area contributed by atoms with Crippen LogP contribution in [-0.4, -0.2) is 17.7 Å². The second kappa shape index (κ2) is 5.97. The zero-order valence-electron chi connectivity index (χ0n) is 12.6. The molecule has 0 unspecified atom stereocenters. The molecule has 1 N–H and O–H groups in total. The Labute approximate surface area is 136 Å². The minimum Gasteiger partial charge on any atom is -0.419 e. The number of cyclic esters (lactones) is 2. The number of esters is 2. The third kappa shape index (κ3) is 3.69. The van der Waals surface area contributed by atoms with Crippen LogP contribution in [0.2, 0.25) is 0 Å². The van der Waals surface area contributed by atoms with Crippen LogP contribution in [0.4, 0.5) is 32.0 Å². The second-order valence-corrected chi connectivity index (χ2v) is 5.29. The summed E-state index contributed by atoms with van der Waals surface area (Å²) in [5, 5.41) is 1.81. The van der Waals surface area contributed by atoms with E-state index in [0.717, 1.165) is 0 Å². The molecule has 0 bridgehead atoms. The van der Waals surface area contributed by atoms with Crippen LogP contribution in [0.1, 0.15) is 19.4 Å². The van der Waals surface area contributed by atoms with Gasteiger partial charge in [-0.3, -0.25) is 0 Å². The van der Waals surface area contributed by atoms with E-state index >= 15 is 0 Å². The fraction of sp³-hybridized carbons (Fsp3) is 0.286. The van der Waals surface area contributed by atoms with Crippen LogP contribution in [-0.2, 0) is 25.2 Å². The third-order valence-corrected chi connectivity index (χ3v) is 2.94. The van der Waals surface area contributed by atoms with E-state index in [-0.39, 0.29) is 6.07 Å². The van der Waals surface area contributed by atoms with Crippen molar-refractivity contribution in [2.75, 3.05) is 5.32 Å². The predicted octanol–water partition coefficient (Wildman–Crippen LogP) is 3.25. The number of carbonyl (C=O) groups excluding carboxylic acids is 2. The van der Waals surface area contributed by atoms with Gasteiger partial charge in [0, 0.05) is 20.0 Å². The Hall–Kier alpha value is -2.72. The standard InChI is InChI=1S/C14H9F6NO4/c1-13(2)24-11(22)5(12(23)25-13)4-21-7-3-6(14(18,19)20)8(15)10(17)9(7)16/h3-4,21H,1-2H3. The molecule has 136 valence electrons. The molecule has 11 heteroatoms.